The zero-order chi connectivity index (χ0) is 50.8. The molecular weight excluding hydrogens is 917 g/mol. The number of allylic oxidation sites excluding steroid dienone is 11. The van der Waals surface area contributed by atoms with Crippen molar-refractivity contribution in [3.05, 3.63) is 340 Å². The molecule has 0 amide bonds. The minimum Gasteiger partial charge on any atom is -0.244 e. The van der Waals surface area contributed by atoms with Crippen molar-refractivity contribution in [1.82, 2.24) is 9.97 Å². The van der Waals surface area contributed by atoms with E-state index < -0.39 is 0 Å². The van der Waals surface area contributed by atoms with Crippen molar-refractivity contribution in [1.29, 1.82) is 0 Å². The highest BCUT2D eigenvalue weighted by atomic mass is 14.8. The van der Waals surface area contributed by atoms with Crippen LogP contribution in [0, 0.1) is 13.8 Å². The van der Waals surface area contributed by atoms with Crippen LogP contribution in [0.15, 0.2) is 273 Å². The van der Waals surface area contributed by atoms with Crippen LogP contribution in [-0.4, -0.2) is 9.97 Å². The van der Waals surface area contributed by atoms with Gasteiger partial charge < -0.3 is 0 Å². The summed E-state index contributed by atoms with van der Waals surface area (Å²) < 4.78 is 0. The van der Waals surface area contributed by atoms with Gasteiger partial charge in [-0.3, -0.25) is 0 Å². The second-order valence-corrected chi connectivity index (χ2v) is 20.5. The van der Waals surface area contributed by atoms with Crippen LogP contribution in [0.25, 0.3) is 66.7 Å². The van der Waals surface area contributed by atoms with Crippen LogP contribution in [0.1, 0.15) is 73.4 Å². The Morgan fingerprint density at radius 1 is 0.342 bits per heavy atom. The number of benzene rings is 9. The van der Waals surface area contributed by atoms with E-state index in [1.807, 2.05) is 48.6 Å². The molecular formula is C74H52N2. The summed E-state index contributed by atoms with van der Waals surface area (Å²) in [4.78, 5) is 9.81. The highest BCUT2D eigenvalue weighted by Crippen LogP contribution is 2.64. The number of para-hydroxylation sites is 2. The Labute approximate surface area is 445 Å². The molecule has 1 aromatic heterocycles. The van der Waals surface area contributed by atoms with Crippen LogP contribution in [0.5, 0.6) is 0 Å². The predicted molar refractivity (Wildman–Crippen MR) is 315 cm³/mol. The molecule has 0 atom stereocenters. The molecule has 0 saturated carbocycles. The SMILES string of the molecule is C1=CC=CC(c2nc3ccccc3nc2C2=CC=CCC=C2)=CC=1.Cc1ccc2c(c1)C1(c3ccccc3-c3ccccc31)c1ccccc1-2.Cc1ccc2c(c1)C1(c3ccccc3-c3ccccc31)c1ccccc1-2. The third kappa shape index (κ3) is 6.81. The summed E-state index contributed by atoms with van der Waals surface area (Å²) in [7, 11) is 0. The fourth-order valence-corrected chi connectivity index (χ4v) is 13.2. The molecule has 358 valence electrons. The number of hydrogen-bond acceptors (Lipinski definition) is 2. The summed E-state index contributed by atoms with van der Waals surface area (Å²) in [6, 6.07) is 75.5. The van der Waals surface area contributed by atoms with Gasteiger partial charge in [-0.15, -0.1) is 5.73 Å². The van der Waals surface area contributed by atoms with Gasteiger partial charge in [-0.25, -0.2) is 9.97 Å². The lowest BCUT2D eigenvalue weighted by Crippen LogP contribution is -2.25. The van der Waals surface area contributed by atoms with Crippen LogP contribution in [0.4, 0.5) is 0 Å². The van der Waals surface area contributed by atoms with Gasteiger partial charge in [-0.1, -0.05) is 248 Å². The first-order chi connectivity index (χ1) is 37.5. The van der Waals surface area contributed by atoms with Gasteiger partial charge in [0.05, 0.1) is 33.3 Å². The molecule has 2 nitrogen and oxygen atoms in total. The van der Waals surface area contributed by atoms with Crippen LogP contribution < -0.4 is 0 Å². The molecule has 16 rings (SSSR count). The molecule has 0 unspecified atom stereocenters. The average molecular weight is 969 g/mol. The third-order valence-corrected chi connectivity index (χ3v) is 16.2. The number of fused-ring (bicyclic) bond motifs is 21. The maximum Gasteiger partial charge on any atom is 0.0973 e. The monoisotopic (exact) mass is 968 g/mol. The van der Waals surface area contributed by atoms with Gasteiger partial charge in [0.25, 0.3) is 0 Å². The van der Waals surface area contributed by atoms with Gasteiger partial charge in [0.15, 0.2) is 0 Å². The van der Waals surface area contributed by atoms with E-state index in [0.29, 0.717) is 0 Å². The van der Waals surface area contributed by atoms with Crippen molar-refractivity contribution in [2.75, 3.05) is 0 Å². The van der Waals surface area contributed by atoms with Crippen LogP contribution in [0.2, 0.25) is 0 Å². The molecule has 0 saturated heterocycles. The summed E-state index contributed by atoms with van der Waals surface area (Å²) in [6.45, 7) is 4.40. The Balaban J connectivity index is 0.000000104. The zero-order valence-corrected chi connectivity index (χ0v) is 42.5. The van der Waals surface area contributed by atoms with E-state index in [2.05, 4.69) is 238 Å². The van der Waals surface area contributed by atoms with E-state index in [0.717, 1.165) is 40.0 Å². The number of rotatable bonds is 2. The van der Waals surface area contributed by atoms with Gasteiger partial charge >= 0.3 is 0 Å². The molecule has 76 heavy (non-hydrogen) atoms. The minimum atomic E-state index is -0.189. The molecule has 0 N–H and O–H groups in total. The molecule has 0 radical (unpaired) electrons. The van der Waals surface area contributed by atoms with Crippen molar-refractivity contribution in [2.24, 2.45) is 0 Å². The maximum atomic E-state index is 4.91. The molecule has 10 aromatic rings. The van der Waals surface area contributed by atoms with Crippen molar-refractivity contribution in [2.45, 2.75) is 31.1 Å². The lowest BCUT2D eigenvalue weighted by molar-refractivity contribution is 0.792. The average Bonchev–Trinajstić information content (AvgIpc) is 4.13. The normalized spacial score (nSPS) is 15.1. The first-order valence-corrected chi connectivity index (χ1v) is 26.5. The van der Waals surface area contributed by atoms with E-state index in [1.54, 1.807) is 0 Å². The first-order valence-electron chi connectivity index (χ1n) is 26.5. The molecule has 6 aliphatic rings. The molecule has 0 fully saturated rings. The maximum absolute atomic E-state index is 4.91. The van der Waals surface area contributed by atoms with E-state index >= 15 is 0 Å². The number of hydrogen-bond donors (Lipinski definition) is 0. The smallest absolute Gasteiger partial charge is 0.0973 e. The molecule has 0 bridgehead atoms. The van der Waals surface area contributed by atoms with Crippen LogP contribution in [-0.2, 0) is 10.8 Å². The first kappa shape index (κ1) is 45.2. The fourth-order valence-electron chi connectivity index (χ4n) is 13.2. The Hall–Kier alpha value is -9.46. The van der Waals surface area contributed by atoms with Gasteiger partial charge in [0, 0.05) is 11.1 Å². The Kier molecular flexibility index (Phi) is 10.8. The topological polar surface area (TPSA) is 25.8 Å². The molecule has 2 spiro atoms. The number of nitrogens with zero attached hydrogens (tertiary/aromatic N) is 2. The van der Waals surface area contributed by atoms with E-state index in [9.17, 15) is 0 Å². The van der Waals surface area contributed by atoms with Gasteiger partial charge in [0.2, 0.25) is 0 Å². The van der Waals surface area contributed by atoms with Gasteiger partial charge in [-0.05, 0) is 140 Å². The van der Waals surface area contributed by atoms with Crippen LogP contribution in [0.3, 0.4) is 0 Å². The molecule has 1 heterocycles. The quantitative estimate of drug-likeness (QED) is 0.161. The standard InChI is InChI=1S/2C26H18.C22H16N2/c2*1-17-14-15-21-20-10-4-7-13-24(20)26(25(21)16-17)22-11-5-2-8-18(22)19-9-3-6-12-23(19)26;1-2-6-12-17(11-5-1)21-22(18-13-7-3-4-8-14-18)24-20-16-10-9-15-19(20)23-21/h2*2-16H,1H3;1,3,5-16H,2H2. The molecule has 0 aliphatic heterocycles. The Morgan fingerprint density at radius 3 is 1.13 bits per heavy atom. The lowest BCUT2D eigenvalue weighted by atomic mass is 9.70. The Bertz CT molecular complexity index is 3920. The van der Waals surface area contributed by atoms with Crippen molar-refractivity contribution in [3.63, 3.8) is 0 Å². The second kappa shape index (κ2) is 18.2. The summed E-state index contributed by atoms with van der Waals surface area (Å²) >= 11 is 0. The van der Waals surface area contributed by atoms with Gasteiger partial charge in [-0.2, -0.15) is 0 Å². The van der Waals surface area contributed by atoms with Crippen molar-refractivity contribution < 1.29 is 0 Å². The molecule has 2 heteroatoms. The van der Waals surface area contributed by atoms with Crippen molar-refractivity contribution in [3.8, 4) is 44.5 Å². The van der Waals surface area contributed by atoms with E-state index in [-0.39, 0.29) is 10.8 Å². The number of aromatic nitrogens is 2. The van der Waals surface area contributed by atoms with Gasteiger partial charge in [0.1, 0.15) is 0 Å². The summed E-state index contributed by atoms with van der Waals surface area (Å²) in [6.07, 6.45) is 21.4. The number of aryl methyl sites for hydroxylation is 2. The largest absolute Gasteiger partial charge is 0.244 e. The van der Waals surface area contributed by atoms with E-state index in [1.165, 1.54) is 100 Å². The third-order valence-electron chi connectivity index (χ3n) is 16.2. The fraction of sp³-hybridized carbons (Fsp3) is 0.0676. The Morgan fingerprint density at radius 2 is 0.711 bits per heavy atom. The van der Waals surface area contributed by atoms with Crippen LogP contribution >= 0.6 is 0 Å². The second-order valence-electron chi connectivity index (χ2n) is 20.5. The van der Waals surface area contributed by atoms with E-state index in [4.69, 9.17) is 9.97 Å². The predicted octanol–water partition coefficient (Wildman–Crippen LogP) is 17.9. The molecule has 9 aromatic carbocycles. The summed E-state index contributed by atoms with van der Waals surface area (Å²) in [5.41, 5.74) is 33.4. The lowest BCUT2D eigenvalue weighted by Gasteiger charge is -2.30. The summed E-state index contributed by atoms with van der Waals surface area (Å²) in [5, 5.41) is 0. The molecule has 6 aliphatic carbocycles. The summed E-state index contributed by atoms with van der Waals surface area (Å²) in [5.74, 6) is 0. The zero-order valence-electron chi connectivity index (χ0n) is 42.5. The van der Waals surface area contributed by atoms with Crippen molar-refractivity contribution >= 4 is 22.2 Å². The highest BCUT2D eigenvalue weighted by Gasteiger charge is 2.52. The highest BCUT2D eigenvalue weighted by molar-refractivity contribution is 5.97. The minimum absolute atomic E-state index is 0.189.